The minimum Gasteiger partial charge on any atom is -0.496 e. The maximum absolute atomic E-state index is 14.0. The number of aryl methyl sites for hydroxylation is 1. The van der Waals surface area contributed by atoms with Gasteiger partial charge >= 0.3 is 0 Å². The molecule has 0 unspecified atom stereocenters. The van der Waals surface area contributed by atoms with E-state index < -0.39 is 33.2 Å². The van der Waals surface area contributed by atoms with Gasteiger partial charge in [-0.2, -0.15) is 0 Å². The lowest BCUT2D eigenvalue weighted by molar-refractivity contribution is 0.0923. The number of aromatic nitrogens is 2. The van der Waals surface area contributed by atoms with Crippen molar-refractivity contribution in [2.45, 2.75) is 32.2 Å². The van der Waals surface area contributed by atoms with Gasteiger partial charge in [0.1, 0.15) is 28.4 Å². The van der Waals surface area contributed by atoms with E-state index in [2.05, 4.69) is 20.6 Å². The zero-order valence-electron chi connectivity index (χ0n) is 27.0. The van der Waals surface area contributed by atoms with Crippen LogP contribution in [0.15, 0.2) is 71.4 Å². The SMILES string of the molecule is CCN(c1cc2oc(-c3ccc(F)cc3)c(C(=O)NC)c2cc1-c1cc(C)c(OC)c(C(=O)NC2(c3ncccn3)CC2)c1)S(C)(=O)=O. The van der Waals surface area contributed by atoms with Crippen LogP contribution >= 0.6 is 0 Å². The monoisotopic (exact) mass is 671 g/mol. The average molecular weight is 672 g/mol. The highest BCUT2D eigenvalue weighted by atomic mass is 32.2. The van der Waals surface area contributed by atoms with Crippen molar-refractivity contribution in [1.29, 1.82) is 0 Å². The number of benzene rings is 3. The van der Waals surface area contributed by atoms with Crippen molar-refractivity contribution in [1.82, 2.24) is 20.6 Å². The Hall–Kier alpha value is -5.30. The lowest BCUT2D eigenvalue weighted by Crippen LogP contribution is -2.36. The normalized spacial score (nSPS) is 13.6. The fourth-order valence-electron chi connectivity index (χ4n) is 6.04. The van der Waals surface area contributed by atoms with Crippen molar-refractivity contribution >= 4 is 38.5 Å². The fourth-order valence-corrected chi connectivity index (χ4v) is 7.02. The number of sulfonamides is 1. The standard InChI is InChI=1S/C35H34FN5O6S/c1-6-41(48(5,44)45)27-19-28-25(29(33(43)37-3)31(47-28)21-8-10-23(36)11-9-21)18-24(27)22-16-20(2)30(46-4)26(17-22)32(42)40-35(12-13-35)34-38-14-7-15-39-34/h7-11,14-19H,6,12-13H2,1-5H3,(H,37,43)(H,40,42). The van der Waals surface area contributed by atoms with Gasteiger partial charge in [0, 0.05) is 48.6 Å². The van der Waals surface area contributed by atoms with E-state index in [9.17, 15) is 22.4 Å². The molecular weight excluding hydrogens is 637 g/mol. The van der Waals surface area contributed by atoms with E-state index in [0.717, 1.165) is 6.26 Å². The molecular formula is C35H34FN5O6S. The zero-order chi connectivity index (χ0) is 34.4. The Bertz CT molecular complexity index is 2160. The largest absolute Gasteiger partial charge is 0.496 e. The van der Waals surface area contributed by atoms with Crippen molar-refractivity contribution in [2.24, 2.45) is 0 Å². The van der Waals surface area contributed by atoms with Gasteiger partial charge in [0.05, 0.1) is 30.2 Å². The lowest BCUT2D eigenvalue weighted by atomic mass is 9.94. The number of carbonyl (C=O) groups is 2. The summed E-state index contributed by atoms with van der Waals surface area (Å²) in [6, 6.07) is 13.9. The van der Waals surface area contributed by atoms with Crippen molar-refractivity contribution in [3.8, 4) is 28.2 Å². The molecule has 2 N–H and O–H groups in total. The van der Waals surface area contributed by atoms with E-state index in [4.69, 9.17) is 9.15 Å². The zero-order valence-corrected chi connectivity index (χ0v) is 27.9. The van der Waals surface area contributed by atoms with Crippen molar-refractivity contribution in [3.63, 3.8) is 0 Å². The number of furan rings is 1. The fraction of sp³-hybridized carbons (Fsp3) is 0.257. The van der Waals surface area contributed by atoms with Gasteiger partial charge in [-0.05, 0) is 86.3 Å². The summed E-state index contributed by atoms with van der Waals surface area (Å²) in [7, 11) is -0.831. The minimum atomic E-state index is -3.79. The molecule has 0 aliphatic heterocycles. The van der Waals surface area contributed by atoms with E-state index in [1.165, 1.54) is 42.7 Å². The molecule has 0 saturated heterocycles. The van der Waals surface area contributed by atoms with Crippen molar-refractivity contribution < 1.29 is 31.6 Å². The van der Waals surface area contributed by atoms with Crippen LogP contribution in [-0.4, -0.2) is 57.2 Å². The summed E-state index contributed by atoms with van der Waals surface area (Å²) >= 11 is 0. The van der Waals surface area contributed by atoms with Crippen LogP contribution in [0.1, 0.15) is 51.9 Å². The number of rotatable bonds is 10. The second kappa shape index (κ2) is 12.4. The van der Waals surface area contributed by atoms with Gasteiger partial charge in [0.25, 0.3) is 11.8 Å². The number of halogens is 1. The highest BCUT2D eigenvalue weighted by Crippen LogP contribution is 2.45. The summed E-state index contributed by atoms with van der Waals surface area (Å²) in [5, 5.41) is 6.14. The van der Waals surface area contributed by atoms with Gasteiger partial charge in [-0.3, -0.25) is 13.9 Å². The molecule has 2 amide bonds. The molecule has 1 saturated carbocycles. The summed E-state index contributed by atoms with van der Waals surface area (Å²) < 4.78 is 53.1. The molecule has 48 heavy (non-hydrogen) atoms. The van der Waals surface area contributed by atoms with Crippen LogP contribution in [0.3, 0.4) is 0 Å². The molecule has 5 aromatic rings. The number of anilines is 1. The first-order chi connectivity index (χ1) is 22.9. The van der Waals surface area contributed by atoms with Crippen molar-refractivity contribution in [2.75, 3.05) is 31.3 Å². The number of fused-ring (bicyclic) bond motifs is 1. The van der Waals surface area contributed by atoms with Gasteiger partial charge in [0.2, 0.25) is 10.0 Å². The lowest BCUT2D eigenvalue weighted by Gasteiger charge is -2.24. The van der Waals surface area contributed by atoms with Crippen LogP contribution in [-0.2, 0) is 15.6 Å². The molecule has 0 spiro atoms. The first-order valence-electron chi connectivity index (χ1n) is 15.3. The summed E-state index contributed by atoms with van der Waals surface area (Å²) in [4.78, 5) is 36.0. The molecule has 248 valence electrons. The molecule has 0 atom stereocenters. The Morgan fingerprint density at radius 3 is 2.31 bits per heavy atom. The number of nitrogens with one attached hydrogen (secondary N) is 2. The summed E-state index contributed by atoms with van der Waals surface area (Å²) in [5.74, 6) is -0.251. The van der Waals surface area contributed by atoms with Crippen LogP contribution < -0.4 is 19.7 Å². The molecule has 0 bridgehead atoms. The molecule has 6 rings (SSSR count). The van der Waals surface area contributed by atoms with Crippen molar-refractivity contribution in [3.05, 3.63) is 95.3 Å². The average Bonchev–Trinajstić information content (AvgIpc) is 3.75. The van der Waals surface area contributed by atoms with E-state index in [-0.39, 0.29) is 34.7 Å². The predicted octanol–water partition coefficient (Wildman–Crippen LogP) is 5.58. The molecule has 2 heterocycles. The van der Waals surface area contributed by atoms with Crippen LogP contribution in [0.25, 0.3) is 33.4 Å². The van der Waals surface area contributed by atoms with Crippen LogP contribution in [0, 0.1) is 12.7 Å². The molecule has 1 aliphatic rings. The Balaban J connectivity index is 1.58. The van der Waals surface area contributed by atoms with Crippen LogP contribution in [0.4, 0.5) is 10.1 Å². The third-order valence-corrected chi connectivity index (χ3v) is 9.71. The second-order valence-corrected chi connectivity index (χ2v) is 13.6. The first kappa shape index (κ1) is 32.6. The van der Waals surface area contributed by atoms with Crippen LogP contribution in [0.2, 0.25) is 0 Å². The Morgan fingerprint density at radius 1 is 1.04 bits per heavy atom. The summed E-state index contributed by atoms with van der Waals surface area (Å²) in [5.41, 5.74) is 2.26. The van der Waals surface area contributed by atoms with Gasteiger partial charge in [0.15, 0.2) is 5.82 Å². The number of hydrogen-bond donors (Lipinski definition) is 2. The maximum atomic E-state index is 14.0. The molecule has 13 heteroatoms. The van der Waals surface area contributed by atoms with Gasteiger partial charge in [-0.25, -0.2) is 22.8 Å². The van der Waals surface area contributed by atoms with Gasteiger partial charge in [-0.1, -0.05) is 0 Å². The molecule has 1 aliphatic carbocycles. The summed E-state index contributed by atoms with van der Waals surface area (Å²) in [6.45, 7) is 3.59. The third kappa shape index (κ3) is 5.85. The second-order valence-electron chi connectivity index (χ2n) is 11.7. The maximum Gasteiger partial charge on any atom is 0.255 e. The number of carbonyl (C=O) groups excluding carboxylic acids is 2. The number of methoxy groups -OCH3 is 1. The van der Waals surface area contributed by atoms with Gasteiger partial charge in [-0.15, -0.1) is 0 Å². The Kier molecular flexibility index (Phi) is 8.42. The molecule has 2 aromatic heterocycles. The van der Waals surface area contributed by atoms with E-state index in [1.54, 1.807) is 56.6 Å². The minimum absolute atomic E-state index is 0.0905. The first-order valence-corrected chi connectivity index (χ1v) is 17.1. The topological polar surface area (TPSA) is 144 Å². The number of amides is 2. The van der Waals surface area contributed by atoms with E-state index in [0.29, 0.717) is 52.1 Å². The summed E-state index contributed by atoms with van der Waals surface area (Å²) in [6.07, 6.45) is 5.70. The van der Waals surface area contributed by atoms with Gasteiger partial charge < -0.3 is 19.8 Å². The highest BCUT2D eigenvalue weighted by molar-refractivity contribution is 7.92. The molecule has 1 fully saturated rings. The van der Waals surface area contributed by atoms with E-state index >= 15 is 0 Å². The van der Waals surface area contributed by atoms with Crippen LogP contribution in [0.5, 0.6) is 5.75 Å². The quantitative estimate of drug-likeness (QED) is 0.196. The molecule has 11 nitrogen and oxygen atoms in total. The molecule has 3 aromatic carbocycles. The highest BCUT2D eigenvalue weighted by Gasteiger charge is 2.48. The smallest absolute Gasteiger partial charge is 0.255 e. The number of nitrogens with zero attached hydrogens (tertiary/aromatic N) is 3. The number of ether oxygens (including phenoxy) is 1. The Labute approximate surface area is 277 Å². The number of hydrogen-bond acceptors (Lipinski definition) is 8. The Morgan fingerprint density at radius 2 is 1.73 bits per heavy atom. The predicted molar refractivity (Wildman–Crippen MR) is 180 cm³/mol. The molecule has 0 radical (unpaired) electrons. The third-order valence-electron chi connectivity index (χ3n) is 8.45. The van der Waals surface area contributed by atoms with E-state index in [1.807, 2.05) is 0 Å².